The minimum Gasteiger partial charge on any atom is -0.372 e. The average molecular weight is 265 g/mol. The summed E-state index contributed by atoms with van der Waals surface area (Å²) < 4.78 is 41.5. The van der Waals surface area contributed by atoms with Crippen LogP contribution in [-0.4, -0.2) is 29.2 Å². The molecule has 7 heteroatoms. The first kappa shape index (κ1) is 15.0. The Balaban J connectivity index is 2.22. The summed E-state index contributed by atoms with van der Waals surface area (Å²) in [5.74, 6) is 0. The lowest BCUT2D eigenvalue weighted by Crippen LogP contribution is -2.17. The number of hydrogen-bond acceptors (Lipinski definition) is 3. The fourth-order valence-corrected chi connectivity index (χ4v) is 1.45. The molecule has 0 amide bonds. The van der Waals surface area contributed by atoms with Gasteiger partial charge in [-0.15, -0.1) is 0 Å². The molecule has 104 valence electrons. The van der Waals surface area contributed by atoms with Crippen LogP contribution in [0.5, 0.6) is 0 Å². The zero-order valence-corrected chi connectivity index (χ0v) is 10.3. The monoisotopic (exact) mass is 265 g/mol. The van der Waals surface area contributed by atoms with E-state index in [1.807, 2.05) is 13.1 Å². The van der Waals surface area contributed by atoms with Crippen molar-refractivity contribution in [1.82, 2.24) is 9.78 Å². The van der Waals surface area contributed by atoms with E-state index >= 15 is 0 Å². The molecule has 0 aliphatic rings. The van der Waals surface area contributed by atoms with Crippen molar-refractivity contribution in [2.24, 2.45) is 5.73 Å². The van der Waals surface area contributed by atoms with Gasteiger partial charge in [0.1, 0.15) is 6.61 Å². The average Bonchev–Trinajstić information content (AvgIpc) is 2.75. The number of alkyl halides is 3. The molecule has 1 heterocycles. The molecule has 0 aromatic carbocycles. The zero-order valence-electron chi connectivity index (χ0n) is 10.3. The predicted molar refractivity (Wildman–Crippen MR) is 60.9 cm³/mol. The number of rotatable bonds is 7. The maximum absolute atomic E-state index is 11.8. The normalized spacial score (nSPS) is 13.8. The van der Waals surface area contributed by atoms with Gasteiger partial charge in [0.2, 0.25) is 0 Å². The van der Waals surface area contributed by atoms with Crippen molar-refractivity contribution < 1.29 is 17.9 Å². The highest BCUT2D eigenvalue weighted by Crippen LogP contribution is 2.15. The van der Waals surface area contributed by atoms with Crippen LogP contribution in [0.3, 0.4) is 0 Å². The molecule has 0 spiro atoms. The second kappa shape index (κ2) is 6.75. The molecule has 0 saturated heterocycles. The van der Waals surface area contributed by atoms with Crippen molar-refractivity contribution in [1.29, 1.82) is 0 Å². The molecule has 0 aliphatic carbocycles. The van der Waals surface area contributed by atoms with Gasteiger partial charge < -0.3 is 10.5 Å². The van der Waals surface area contributed by atoms with E-state index in [1.165, 1.54) is 0 Å². The molecule has 2 N–H and O–H groups in total. The van der Waals surface area contributed by atoms with Crippen molar-refractivity contribution in [2.45, 2.75) is 38.5 Å². The third kappa shape index (κ3) is 5.50. The smallest absolute Gasteiger partial charge is 0.372 e. The number of hydrogen-bond donors (Lipinski definition) is 1. The van der Waals surface area contributed by atoms with E-state index in [1.54, 1.807) is 10.9 Å². The van der Waals surface area contributed by atoms with Crippen LogP contribution in [0.1, 0.15) is 31.4 Å². The Labute approximate surface area is 104 Å². The van der Waals surface area contributed by atoms with Gasteiger partial charge in [0.05, 0.1) is 6.20 Å². The lowest BCUT2D eigenvalue weighted by atomic mass is 10.1. The minimum absolute atomic E-state index is 0.0415. The van der Waals surface area contributed by atoms with E-state index in [-0.39, 0.29) is 12.6 Å². The Bertz CT molecular complexity index is 352. The summed E-state index contributed by atoms with van der Waals surface area (Å²) in [6.45, 7) is 1.37. The number of nitrogens with two attached hydrogens (primary N) is 1. The van der Waals surface area contributed by atoms with E-state index in [0.717, 1.165) is 12.0 Å². The molecule has 1 atom stereocenters. The van der Waals surface area contributed by atoms with Gasteiger partial charge in [-0.25, -0.2) is 0 Å². The fraction of sp³-hybridized carbons (Fsp3) is 0.727. The minimum atomic E-state index is -4.26. The highest BCUT2D eigenvalue weighted by atomic mass is 19.4. The van der Waals surface area contributed by atoms with Gasteiger partial charge in [-0.2, -0.15) is 18.3 Å². The van der Waals surface area contributed by atoms with E-state index in [4.69, 9.17) is 5.73 Å². The van der Waals surface area contributed by atoms with E-state index in [0.29, 0.717) is 13.0 Å². The van der Waals surface area contributed by atoms with Crippen molar-refractivity contribution in [3.63, 3.8) is 0 Å². The summed E-state index contributed by atoms with van der Waals surface area (Å²) in [6, 6.07) is -0.0415. The first-order chi connectivity index (χ1) is 8.42. The summed E-state index contributed by atoms with van der Waals surface area (Å²) in [6.07, 6.45) is 0.550. The Kier molecular flexibility index (Phi) is 5.61. The van der Waals surface area contributed by atoms with Gasteiger partial charge in [0.25, 0.3) is 0 Å². The molecule has 1 aromatic rings. The molecule has 1 rings (SSSR count). The van der Waals surface area contributed by atoms with Crippen LogP contribution < -0.4 is 5.73 Å². The van der Waals surface area contributed by atoms with Crippen LogP contribution in [-0.2, 0) is 11.3 Å². The lowest BCUT2D eigenvalue weighted by molar-refractivity contribution is -0.174. The van der Waals surface area contributed by atoms with Gasteiger partial charge in [-0.1, -0.05) is 6.92 Å². The van der Waals surface area contributed by atoms with Gasteiger partial charge in [-0.05, 0) is 12.8 Å². The van der Waals surface area contributed by atoms with Crippen LogP contribution >= 0.6 is 0 Å². The number of ether oxygens (including phenoxy) is 1. The molecule has 1 aromatic heterocycles. The summed E-state index contributed by atoms with van der Waals surface area (Å²) >= 11 is 0. The summed E-state index contributed by atoms with van der Waals surface area (Å²) in [5, 5.41) is 4.09. The van der Waals surface area contributed by atoms with E-state index in [2.05, 4.69) is 9.84 Å². The van der Waals surface area contributed by atoms with Crippen LogP contribution in [0, 0.1) is 0 Å². The molecular weight excluding hydrogens is 247 g/mol. The van der Waals surface area contributed by atoms with Gasteiger partial charge >= 0.3 is 6.18 Å². The summed E-state index contributed by atoms with van der Waals surface area (Å²) in [4.78, 5) is 0. The van der Waals surface area contributed by atoms with E-state index < -0.39 is 12.8 Å². The van der Waals surface area contributed by atoms with Crippen molar-refractivity contribution in [2.75, 3.05) is 13.2 Å². The summed E-state index contributed by atoms with van der Waals surface area (Å²) in [7, 11) is 0. The van der Waals surface area contributed by atoms with Crippen LogP contribution in [0.15, 0.2) is 12.4 Å². The van der Waals surface area contributed by atoms with Gasteiger partial charge in [0, 0.05) is 31.0 Å². The quantitative estimate of drug-likeness (QED) is 0.769. The fourth-order valence-electron chi connectivity index (χ4n) is 1.45. The Morgan fingerprint density at radius 1 is 1.50 bits per heavy atom. The SMILES string of the molecule is CCC(N)c1cnn(CCCOCC(F)(F)F)c1. The maximum atomic E-state index is 11.8. The Morgan fingerprint density at radius 3 is 2.83 bits per heavy atom. The van der Waals surface area contributed by atoms with Crippen LogP contribution in [0.2, 0.25) is 0 Å². The second-order valence-electron chi connectivity index (χ2n) is 4.07. The number of aromatic nitrogens is 2. The molecule has 0 saturated carbocycles. The second-order valence-corrected chi connectivity index (χ2v) is 4.07. The lowest BCUT2D eigenvalue weighted by Gasteiger charge is -2.07. The largest absolute Gasteiger partial charge is 0.411 e. The molecule has 0 fully saturated rings. The van der Waals surface area contributed by atoms with Crippen LogP contribution in [0.25, 0.3) is 0 Å². The molecule has 0 bridgehead atoms. The molecule has 1 unspecified atom stereocenters. The first-order valence-electron chi connectivity index (χ1n) is 5.85. The first-order valence-corrected chi connectivity index (χ1v) is 5.85. The van der Waals surface area contributed by atoms with Crippen molar-refractivity contribution in [3.8, 4) is 0 Å². The predicted octanol–water partition coefficient (Wildman–Crippen LogP) is 2.26. The molecular formula is C11H18F3N3O. The van der Waals surface area contributed by atoms with Crippen LogP contribution in [0.4, 0.5) is 13.2 Å². The standard InChI is InChI=1S/C11H18F3N3O/c1-2-10(15)9-6-16-17(7-9)4-3-5-18-8-11(12,13)14/h6-7,10H,2-5,8,15H2,1H3. The third-order valence-corrected chi connectivity index (χ3v) is 2.46. The molecule has 0 aliphatic heterocycles. The Morgan fingerprint density at radius 2 is 2.22 bits per heavy atom. The van der Waals surface area contributed by atoms with Gasteiger partial charge in [-0.3, -0.25) is 4.68 Å². The van der Waals surface area contributed by atoms with Gasteiger partial charge in [0.15, 0.2) is 0 Å². The summed E-state index contributed by atoms with van der Waals surface area (Å²) in [5.41, 5.74) is 6.77. The topological polar surface area (TPSA) is 53.1 Å². The highest BCUT2D eigenvalue weighted by molar-refractivity contribution is 5.09. The Hall–Kier alpha value is -1.08. The zero-order chi connectivity index (χ0) is 13.6. The number of nitrogens with zero attached hydrogens (tertiary/aromatic N) is 2. The maximum Gasteiger partial charge on any atom is 0.411 e. The molecule has 0 radical (unpaired) electrons. The third-order valence-electron chi connectivity index (χ3n) is 2.46. The molecule has 18 heavy (non-hydrogen) atoms. The van der Waals surface area contributed by atoms with E-state index in [9.17, 15) is 13.2 Å². The molecule has 4 nitrogen and oxygen atoms in total. The van der Waals surface area contributed by atoms with Crippen molar-refractivity contribution >= 4 is 0 Å². The number of halogens is 3. The van der Waals surface area contributed by atoms with Crippen molar-refractivity contribution in [3.05, 3.63) is 18.0 Å². The number of aryl methyl sites for hydroxylation is 1. The highest BCUT2D eigenvalue weighted by Gasteiger charge is 2.27.